The fourth-order valence-corrected chi connectivity index (χ4v) is 5.49. The quantitative estimate of drug-likeness (QED) is 0.593. The second-order valence-electron chi connectivity index (χ2n) is 5.74. The van der Waals surface area contributed by atoms with Gasteiger partial charge in [0.1, 0.15) is 0 Å². The minimum atomic E-state index is -3.53. The van der Waals surface area contributed by atoms with Crippen molar-refractivity contribution in [3.63, 3.8) is 0 Å². The molecule has 0 saturated carbocycles. The summed E-state index contributed by atoms with van der Waals surface area (Å²) in [5, 5.41) is 2.75. The van der Waals surface area contributed by atoms with Crippen LogP contribution in [-0.4, -0.2) is 63.9 Å². The number of unbranched alkanes of at least 4 members (excludes halogenated alkanes) is 2. The van der Waals surface area contributed by atoms with Crippen LogP contribution in [0.15, 0.2) is 0 Å². The van der Waals surface area contributed by atoms with Gasteiger partial charge < -0.3 is 5.32 Å². The summed E-state index contributed by atoms with van der Waals surface area (Å²) in [4.78, 5) is 11.7. The standard InChI is InChI=1S/C13H26N2O5S2/c1-3-4-5-8-14-13(16)6-9-15(21(2,17)18)12-7-10-22(19,20)11-12/h12H,3-11H2,1-2H3,(H,14,16). The van der Waals surface area contributed by atoms with Gasteiger partial charge >= 0.3 is 0 Å². The van der Waals surface area contributed by atoms with Crippen LogP contribution in [-0.2, 0) is 24.7 Å². The molecule has 1 unspecified atom stereocenters. The molecular weight excluding hydrogens is 328 g/mol. The molecule has 0 spiro atoms. The Balaban J connectivity index is 2.52. The Bertz CT molecular complexity index is 571. The molecule has 0 radical (unpaired) electrons. The Morgan fingerprint density at radius 1 is 1.32 bits per heavy atom. The van der Waals surface area contributed by atoms with E-state index in [4.69, 9.17) is 0 Å². The molecule has 0 aromatic heterocycles. The Hall–Kier alpha value is -0.670. The van der Waals surface area contributed by atoms with Gasteiger partial charge in [-0.2, -0.15) is 4.31 Å². The first-order chi connectivity index (χ1) is 10.2. The molecule has 7 nitrogen and oxygen atoms in total. The maximum atomic E-state index is 11.8. The van der Waals surface area contributed by atoms with Crippen molar-refractivity contribution >= 4 is 25.8 Å². The highest BCUT2D eigenvalue weighted by atomic mass is 32.2. The smallest absolute Gasteiger partial charge is 0.221 e. The van der Waals surface area contributed by atoms with Crippen molar-refractivity contribution in [2.75, 3.05) is 30.9 Å². The predicted octanol–water partition coefficient (Wildman–Crippen LogP) is 0.132. The Morgan fingerprint density at radius 2 is 2.00 bits per heavy atom. The monoisotopic (exact) mass is 354 g/mol. The molecule has 0 aromatic rings. The van der Waals surface area contributed by atoms with Crippen LogP contribution in [0.3, 0.4) is 0 Å². The van der Waals surface area contributed by atoms with Gasteiger partial charge in [-0.3, -0.25) is 4.79 Å². The second kappa shape index (κ2) is 8.26. The largest absolute Gasteiger partial charge is 0.356 e. The summed E-state index contributed by atoms with van der Waals surface area (Å²) in [6.07, 6.45) is 4.41. The Morgan fingerprint density at radius 3 is 2.50 bits per heavy atom. The number of sulfonamides is 1. The molecule has 1 rings (SSSR count). The van der Waals surface area contributed by atoms with Crippen LogP contribution >= 0.6 is 0 Å². The SMILES string of the molecule is CCCCCNC(=O)CCN(C1CCS(=O)(=O)C1)S(C)(=O)=O. The van der Waals surface area contributed by atoms with Crippen molar-refractivity contribution in [3.8, 4) is 0 Å². The van der Waals surface area contributed by atoms with E-state index in [1.165, 1.54) is 0 Å². The lowest BCUT2D eigenvalue weighted by molar-refractivity contribution is -0.121. The van der Waals surface area contributed by atoms with Gasteiger partial charge in [-0.25, -0.2) is 16.8 Å². The van der Waals surface area contributed by atoms with E-state index in [1.807, 2.05) is 0 Å². The number of rotatable bonds is 9. The second-order valence-corrected chi connectivity index (χ2v) is 9.90. The topological polar surface area (TPSA) is 101 Å². The highest BCUT2D eigenvalue weighted by molar-refractivity contribution is 7.92. The number of hydrogen-bond donors (Lipinski definition) is 1. The zero-order valence-electron chi connectivity index (χ0n) is 13.2. The van der Waals surface area contributed by atoms with Gasteiger partial charge in [0.15, 0.2) is 9.84 Å². The van der Waals surface area contributed by atoms with Gasteiger partial charge in [-0.15, -0.1) is 0 Å². The molecule has 1 N–H and O–H groups in total. The zero-order chi connectivity index (χ0) is 16.8. The van der Waals surface area contributed by atoms with Gasteiger partial charge in [0.25, 0.3) is 0 Å². The zero-order valence-corrected chi connectivity index (χ0v) is 14.9. The summed E-state index contributed by atoms with van der Waals surface area (Å²) in [6, 6.07) is -0.548. The van der Waals surface area contributed by atoms with Crippen LogP contribution in [0.2, 0.25) is 0 Å². The van der Waals surface area contributed by atoms with E-state index in [0.29, 0.717) is 13.0 Å². The molecular formula is C13H26N2O5S2. The van der Waals surface area contributed by atoms with Crippen LogP contribution in [0.1, 0.15) is 39.0 Å². The normalized spacial score (nSPS) is 21.1. The van der Waals surface area contributed by atoms with Gasteiger partial charge in [0.2, 0.25) is 15.9 Å². The Kier molecular flexibility index (Phi) is 7.27. The summed E-state index contributed by atoms with van der Waals surface area (Å²) in [6.45, 7) is 2.68. The summed E-state index contributed by atoms with van der Waals surface area (Å²) in [5.41, 5.74) is 0. The number of nitrogens with one attached hydrogen (secondary N) is 1. The van der Waals surface area contributed by atoms with Crippen LogP contribution < -0.4 is 5.32 Å². The lowest BCUT2D eigenvalue weighted by Crippen LogP contribution is -2.42. The molecule has 1 amide bonds. The van der Waals surface area contributed by atoms with Crippen LogP contribution in [0.4, 0.5) is 0 Å². The van der Waals surface area contributed by atoms with Crippen molar-refractivity contribution in [2.45, 2.75) is 45.1 Å². The maximum absolute atomic E-state index is 11.8. The molecule has 1 aliphatic rings. The molecule has 1 saturated heterocycles. The molecule has 9 heteroatoms. The minimum Gasteiger partial charge on any atom is -0.356 e. The van der Waals surface area contributed by atoms with Gasteiger partial charge in [-0.05, 0) is 12.8 Å². The number of sulfone groups is 1. The molecule has 1 aliphatic heterocycles. The third-order valence-electron chi connectivity index (χ3n) is 3.70. The maximum Gasteiger partial charge on any atom is 0.221 e. The van der Waals surface area contributed by atoms with Crippen molar-refractivity contribution in [2.24, 2.45) is 0 Å². The number of amides is 1. The summed E-state index contributed by atoms with van der Waals surface area (Å²) >= 11 is 0. The molecule has 0 aromatic carbocycles. The predicted molar refractivity (Wildman–Crippen MR) is 85.8 cm³/mol. The van der Waals surface area contributed by atoms with Crippen LogP contribution in [0, 0.1) is 0 Å². The van der Waals surface area contributed by atoms with E-state index in [2.05, 4.69) is 12.2 Å². The van der Waals surface area contributed by atoms with Crippen molar-refractivity contribution in [1.29, 1.82) is 0 Å². The third kappa shape index (κ3) is 6.62. The minimum absolute atomic E-state index is 0.00685. The summed E-state index contributed by atoms with van der Waals surface area (Å²) in [5.74, 6) is -0.351. The molecule has 22 heavy (non-hydrogen) atoms. The van der Waals surface area contributed by atoms with E-state index in [9.17, 15) is 21.6 Å². The summed E-state index contributed by atoms with van der Waals surface area (Å²) in [7, 11) is -6.70. The number of carbonyl (C=O) groups excluding carboxylic acids is 1. The first-order valence-corrected chi connectivity index (χ1v) is 11.3. The first kappa shape index (κ1) is 19.4. The van der Waals surface area contributed by atoms with Gasteiger partial charge in [0.05, 0.1) is 17.8 Å². The summed E-state index contributed by atoms with van der Waals surface area (Å²) < 4.78 is 47.9. The van der Waals surface area contributed by atoms with E-state index in [1.54, 1.807) is 0 Å². The number of nitrogens with zero attached hydrogens (tertiary/aromatic N) is 1. The first-order valence-electron chi connectivity index (χ1n) is 7.59. The molecule has 130 valence electrons. The van der Waals surface area contributed by atoms with Crippen molar-refractivity contribution in [3.05, 3.63) is 0 Å². The van der Waals surface area contributed by atoms with E-state index < -0.39 is 25.9 Å². The number of hydrogen-bond acceptors (Lipinski definition) is 5. The molecule has 0 aliphatic carbocycles. The van der Waals surface area contributed by atoms with E-state index in [-0.39, 0.29) is 30.4 Å². The Labute approximate surface area is 133 Å². The van der Waals surface area contributed by atoms with Gasteiger partial charge in [0, 0.05) is 25.6 Å². The highest BCUT2D eigenvalue weighted by Gasteiger charge is 2.36. The average Bonchev–Trinajstić information content (AvgIpc) is 2.73. The molecule has 1 atom stereocenters. The van der Waals surface area contributed by atoms with Crippen molar-refractivity contribution in [1.82, 2.24) is 9.62 Å². The lowest BCUT2D eigenvalue weighted by Gasteiger charge is -2.25. The number of carbonyl (C=O) groups is 1. The van der Waals surface area contributed by atoms with E-state index in [0.717, 1.165) is 29.8 Å². The van der Waals surface area contributed by atoms with Crippen molar-refractivity contribution < 1.29 is 21.6 Å². The van der Waals surface area contributed by atoms with Gasteiger partial charge in [-0.1, -0.05) is 19.8 Å². The fourth-order valence-electron chi connectivity index (χ4n) is 2.52. The van der Waals surface area contributed by atoms with Crippen LogP contribution in [0.25, 0.3) is 0 Å². The lowest BCUT2D eigenvalue weighted by atomic mass is 10.2. The molecule has 0 bridgehead atoms. The van der Waals surface area contributed by atoms with Crippen LogP contribution in [0.5, 0.6) is 0 Å². The average molecular weight is 354 g/mol. The highest BCUT2D eigenvalue weighted by Crippen LogP contribution is 2.20. The molecule has 1 fully saturated rings. The van der Waals surface area contributed by atoms with E-state index >= 15 is 0 Å². The third-order valence-corrected chi connectivity index (χ3v) is 6.79. The fraction of sp³-hybridized carbons (Fsp3) is 0.923. The molecule has 1 heterocycles.